The van der Waals surface area contributed by atoms with Gasteiger partial charge in [-0.25, -0.2) is 8.42 Å². The molecule has 1 amide bonds. The molecule has 0 spiro atoms. The van der Waals surface area contributed by atoms with Crippen LogP contribution in [-0.4, -0.2) is 47.2 Å². The zero-order chi connectivity index (χ0) is 19.4. The summed E-state index contributed by atoms with van der Waals surface area (Å²) in [6, 6.07) is 13.4. The number of anilines is 1. The summed E-state index contributed by atoms with van der Waals surface area (Å²) in [7, 11) is -2.30. The Morgan fingerprint density at radius 1 is 1.22 bits per heavy atom. The van der Waals surface area contributed by atoms with Crippen molar-refractivity contribution in [3.63, 3.8) is 0 Å². The topological polar surface area (TPSA) is 84.9 Å². The zero-order valence-electron chi connectivity index (χ0n) is 15.2. The Balaban J connectivity index is 1.93. The highest BCUT2D eigenvalue weighted by Crippen LogP contribution is 2.36. The maximum Gasteiger partial charge on any atom is 0.264 e. The number of nitrogens with zero attached hydrogens (tertiary/aromatic N) is 1. The molecule has 1 N–H and O–H groups in total. The molecular weight excluding hydrogens is 368 g/mol. The van der Waals surface area contributed by atoms with E-state index in [1.807, 2.05) is 6.92 Å². The van der Waals surface area contributed by atoms with Crippen molar-refractivity contribution in [3.8, 4) is 5.75 Å². The molecular formula is C19H22N2O5S. The van der Waals surface area contributed by atoms with Crippen LogP contribution in [0, 0.1) is 6.92 Å². The van der Waals surface area contributed by atoms with Crippen LogP contribution < -0.4 is 14.4 Å². The number of hydrogen-bond acceptors (Lipinski definition) is 5. The van der Waals surface area contributed by atoms with Gasteiger partial charge in [0.25, 0.3) is 15.9 Å². The number of fused-ring (bicyclic) bond motifs is 1. The minimum absolute atomic E-state index is 0.105. The highest BCUT2D eigenvalue weighted by Gasteiger charge is 2.37. The van der Waals surface area contributed by atoms with E-state index in [4.69, 9.17) is 9.47 Å². The number of sulfonamides is 1. The predicted octanol–water partition coefficient (Wildman–Crippen LogP) is 1.71. The lowest BCUT2D eigenvalue weighted by atomic mass is 10.2. The van der Waals surface area contributed by atoms with E-state index >= 15 is 0 Å². The molecule has 144 valence electrons. The Labute approximate surface area is 158 Å². The number of rotatable bonds is 6. The number of ether oxygens (including phenoxy) is 2. The third-order valence-corrected chi connectivity index (χ3v) is 6.04. The normalized spacial score (nSPS) is 16.4. The SMILES string of the molecule is COCCNC(=O)[C@@H]1CN(S(=O)(=O)c2ccc(C)cc2)c2ccccc2O1. The van der Waals surface area contributed by atoms with Crippen molar-refractivity contribution < 1.29 is 22.7 Å². The van der Waals surface area contributed by atoms with E-state index in [0.29, 0.717) is 24.6 Å². The van der Waals surface area contributed by atoms with Crippen LogP contribution in [0.5, 0.6) is 5.75 Å². The molecule has 0 fully saturated rings. The molecule has 2 aromatic carbocycles. The molecule has 0 bridgehead atoms. The Kier molecular flexibility index (Phi) is 5.67. The summed E-state index contributed by atoms with van der Waals surface area (Å²) in [5, 5.41) is 2.69. The maximum atomic E-state index is 13.2. The summed E-state index contributed by atoms with van der Waals surface area (Å²) in [4.78, 5) is 12.6. The van der Waals surface area contributed by atoms with E-state index in [1.165, 1.54) is 11.4 Å². The Hall–Kier alpha value is -2.58. The maximum absolute atomic E-state index is 13.2. The minimum Gasteiger partial charge on any atom is -0.476 e. The smallest absolute Gasteiger partial charge is 0.264 e. The van der Waals surface area contributed by atoms with Crippen LogP contribution in [0.15, 0.2) is 53.4 Å². The monoisotopic (exact) mass is 390 g/mol. The van der Waals surface area contributed by atoms with Crippen LogP contribution in [0.1, 0.15) is 5.56 Å². The molecule has 0 saturated heterocycles. The van der Waals surface area contributed by atoms with Crippen molar-refractivity contribution in [1.82, 2.24) is 5.32 Å². The van der Waals surface area contributed by atoms with Gasteiger partial charge in [0.15, 0.2) is 6.10 Å². The highest BCUT2D eigenvalue weighted by molar-refractivity contribution is 7.92. The Morgan fingerprint density at radius 3 is 2.63 bits per heavy atom. The van der Waals surface area contributed by atoms with Gasteiger partial charge in [-0.1, -0.05) is 29.8 Å². The van der Waals surface area contributed by atoms with E-state index in [9.17, 15) is 13.2 Å². The van der Waals surface area contributed by atoms with Crippen molar-refractivity contribution >= 4 is 21.6 Å². The summed E-state index contributed by atoms with van der Waals surface area (Å²) >= 11 is 0. The van der Waals surface area contributed by atoms with Crippen molar-refractivity contribution in [2.45, 2.75) is 17.9 Å². The number of amides is 1. The molecule has 0 aliphatic carbocycles. The minimum atomic E-state index is -3.84. The summed E-state index contributed by atoms with van der Waals surface area (Å²) in [5.74, 6) is -0.0306. The molecule has 1 atom stereocenters. The first-order chi connectivity index (χ1) is 12.9. The molecule has 0 saturated carbocycles. The number of methoxy groups -OCH3 is 1. The van der Waals surface area contributed by atoms with Gasteiger partial charge in [-0.2, -0.15) is 0 Å². The summed E-state index contributed by atoms with van der Waals surface area (Å²) < 4.78 is 38.3. The fourth-order valence-electron chi connectivity index (χ4n) is 2.79. The molecule has 0 aromatic heterocycles. The Bertz CT molecular complexity index is 912. The standard InChI is InChI=1S/C19H22N2O5S/c1-14-7-9-15(10-8-14)27(23,24)21-13-18(19(22)20-11-12-25-2)26-17-6-4-3-5-16(17)21/h3-10,18H,11-13H2,1-2H3,(H,20,22)/t18-/m0/s1. The quantitative estimate of drug-likeness (QED) is 0.759. The lowest BCUT2D eigenvalue weighted by Crippen LogP contribution is -2.51. The van der Waals surface area contributed by atoms with E-state index in [0.717, 1.165) is 5.56 Å². The van der Waals surface area contributed by atoms with Crippen LogP contribution >= 0.6 is 0 Å². The van der Waals surface area contributed by atoms with E-state index in [2.05, 4.69) is 5.32 Å². The molecule has 7 nitrogen and oxygen atoms in total. The second-order valence-corrected chi connectivity index (χ2v) is 8.07. The largest absolute Gasteiger partial charge is 0.476 e. The number of carbonyl (C=O) groups excluding carboxylic acids is 1. The van der Waals surface area contributed by atoms with Gasteiger partial charge in [-0.05, 0) is 31.2 Å². The number of para-hydroxylation sites is 2. The number of nitrogens with one attached hydrogen (secondary N) is 1. The second-order valence-electron chi connectivity index (χ2n) is 6.21. The summed E-state index contributed by atoms with van der Waals surface area (Å²) in [6.07, 6.45) is -0.947. The van der Waals surface area contributed by atoms with E-state index < -0.39 is 16.1 Å². The lowest BCUT2D eigenvalue weighted by molar-refractivity contribution is -0.127. The first kappa shape index (κ1) is 19.2. The molecule has 3 rings (SSSR count). The van der Waals surface area contributed by atoms with Gasteiger partial charge in [0.2, 0.25) is 0 Å². The van der Waals surface area contributed by atoms with Crippen molar-refractivity contribution in [1.29, 1.82) is 0 Å². The van der Waals surface area contributed by atoms with E-state index in [1.54, 1.807) is 48.5 Å². The zero-order valence-corrected chi connectivity index (χ0v) is 16.0. The molecule has 8 heteroatoms. The van der Waals surface area contributed by atoms with Crippen molar-refractivity contribution in [2.75, 3.05) is 31.1 Å². The van der Waals surface area contributed by atoms with Crippen molar-refractivity contribution in [2.24, 2.45) is 0 Å². The number of benzene rings is 2. The third kappa shape index (κ3) is 4.06. The average Bonchev–Trinajstić information content (AvgIpc) is 2.67. The highest BCUT2D eigenvalue weighted by atomic mass is 32.2. The fourth-order valence-corrected chi connectivity index (χ4v) is 4.27. The van der Waals surface area contributed by atoms with Crippen molar-refractivity contribution in [3.05, 3.63) is 54.1 Å². The molecule has 1 heterocycles. The molecule has 0 radical (unpaired) electrons. The van der Waals surface area contributed by atoms with Gasteiger partial charge in [-0.3, -0.25) is 9.10 Å². The number of aryl methyl sites for hydroxylation is 1. The van der Waals surface area contributed by atoms with Gasteiger partial charge in [-0.15, -0.1) is 0 Å². The Morgan fingerprint density at radius 2 is 1.93 bits per heavy atom. The number of hydrogen-bond donors (Lipinski definition) is 1. The second kappa shape index (κ2) is 7.98. The molecule has 1 aliphatic heterocycles. The van der Waals surface area contributed by atoms with Crippen LogP contribution in [0.4, 0.5) is 5.69 Å². The molecule has 2 aromatic rings. The average molecular weight is 390 g/mol. The number of carbonyl (C=O) groups is 1. The molecule has 0 unspecified atom stereocenters. The third-order valence-electron chi connectivity index (χ3n) is 4.24. The fraction of sp³-hybridized carbons (Fsp3) is 0.316. The first-order valence-corrected chi connectivity index (χ1v) is 9.99. The summed E-state index contributed by atoms with van der Waals surface area (Å²) in [6.45, 7) is 2.47. The predicted molar refractivity (Wildman–Crippen MR) is 101 cm³/mol. The van der Waals surface area contributed by atoms with Crippen LogP contribution in [0.3, 0.4) is 0 Å². The van der Waals surface area contributed by atoms with Gasteiger partial charge < -0.3 is 14.8 Å². The summed E-state index contributed by atoms with van der Waals surface area (Å²) in [5.41, 5.74) is 1.38. The van der Waals surface area contributed by atoms with Gasteiger partial charge in [0.1, 0.15) is 5.75 Å². The van der Waals surface area contributed by atoms with Crippen LogP contribution in [0.25, 0.3) is 0 Å². The first-order valence-electron chi connectivity index (χ1n) is 8.55. The van der Waals surface area contributed by atoms with E-state index in [-0.39, 0.29) is 17.3 Å². The van der Waals surface area contributed by atoms with Gasteiger partial charge in [0.05, 0.1) is 23.7 Å². The van der Waals surface area contributed by atoms with Crippen LogP contribution in [0.2, 0.25) is 0 Å². The van der Waals surface area contributed by atoms with Crippen LogP contribution in [-0.2, 0) is 19.6 Å². The molecule has 27 heavy (non-hydrogen) atoms. The van der Waals surface area contributed by atoms with Gasteiger partial charge in [0, 0.05) is 13.7 Å². The molecule has 1 aliphatic rings. The lowest BCUT2D eigenvalue weighted by Gasteiger charge is -2.34. The van der Waals surface area contributed by atoms with Gasteiger partial charge >= 0.3 is 0 Å².